The molecule has 0 saturated heterocycles. The summed E-state index contributed by atoms with van der Waals surface area (Å²) in [4.78, 5) is 11.4. The fourth-order valence-corrected chi connectivity index (χ4v) is 3.20. The summed E-state index contributed by atoms with van der Waals surface area (Å²) in [7, 11) is 1.32. The van der Waals surface area contributed by atoms with Gasteiger partial charge in [-0.3, -0.25) is 0 Å². The maximum atomic E-state index is 11.4. The van der Waals surface area contributed by atoms with Crippen molar-refractivity contribution < 1.29 is 13.9 Å². The minimum atomic E-state index is -0.491. The molecule has 0 unspecified atom stereocenters. The van der Waals surface area contributed by atoms with Crippen molar-refractivity contribution in [3.05, 3.63) is 53.5 Å². The summed E-state index contributed by atoms with van der Waals surface area (Å²) in [6, 6.07) is 11.6. The highest BCUT2D eigenvalue weighted by atomic mass is 32.2. The van der Waals surface area contributed by atoms with E-state index in [1.54, 1.807) is 16.8 Å². The molecule has 0 fully saturated rings. The summed E-state index contributed by atoms with van der Waals surface area (Å²) < 4.78 is 11.8. The van der Waals surface area contributed by atoms with Crippen molar-refractivity contribution in [1.82, 2.24) is 20.2 Å². The lowest BCUT2D eigenvalue weighted by Crippen LogP contribution is -1.99. The maximum absolute atomic E-state index is 11.4. The van der Waals surface area contributed by atoms with E-state index >= 15 is 0 Å². The molecule has 7 nitrogen and oxygen atoms in total. The lowest BCUT2D eigenvalue weighted by atomic mass is 10.1. The molecular weight excluding hydrogens is 352 g/mol. The van der Waals surface area contributed by atoms with Gasteiger partial charge in [0, 0.05) is 0 Å². The molecule has 2 aromatic heterocycles. The first-order valence-electron chi connectivity index (χ1n) is 8.38. The molecule has 0 radical (unpaired) electrons. The first kappa shape index (κ1) is 18.2. The highest BCUT2D eigenvalue weighted by Gasteiger charge is 2.14. The predicted molar refractivity (Wildman–Crippen MR) is 97.4 cm³/mol. The van der Waals surface area contributed by atoms with Gasteiger partial charge in [0.05, 0.1) is 18.6 Å². The molecule has 0 amide bonds. The highest BCUT2D eigenvalue weighted by Crippen LogP contribution is 2.24. The summed E-state index contributed by atoms with van der Waals surface area (Å²) in [6.07, 6.45) is 3.44. The van der Waals surface area contributed by atoms with E-state index in [1.165, 1.54) is 37.3 Å². The van der Waals surface area contributed by atoms with Crippen LogP contribution in [0, 0.1) is 0 Å². The number of hydrogen-bond donors (Lipinski definition) is 0. The maximum Gasteiger partial charge on any atom is 0.373 e. The molecule has 0 N–H and O–H groups in total. The summed E-state index contributed by atoms with van der Waals surface area (Å²) in [5.74, 6) is 0.853. The van der Waals surface area contributed by atoms with E-state index in [4.69, 9.17) is 4.42 Å². The van der Waals surface area contributed by atoms with E-state index in [0.717, 1.165) is 12.1 Å². The Hall–Kier alpha value is -2.61. The topological polar surface area (TPSA) is 83.0 Å². The van der Waals surface area contributed by atoms with Crippen LogP contribution in [0.5, 0.6) is 0 Å². The molecular formula is C18H20N4O3S. The van der Waals surface area contributed by atoms with E-state index < -0.39 is 5.97 Å². The Morgan fingerprint density at radius 1 is 1.23 bits per heavy atom. The van der Waals surface area contributed by atoms with Crippen molar-refractivity contribution in [2.45, 2.75) is 37.1 Å². The fourth-order valence-electron chi connectivity index (χ4n) is 2.42. The van der Waals surface area contributed by atoms with Gasteiger partial charge < -0.3 is 9.15 Å². The van der Waals surface area contributed by atoms with Crippen LogP contribution in [0.3, 0.4) is 0 Å². The standard InChI is InChI=1S/C18H20N4O3S/c1-3-4-5-13-6-8-14(9-7-13)22-18(19-20-21-22)26-12-15-10-11-16(25-15)17(23)24-2/h6-11H,3-5,12H2,1-2H3. The van der Waals surface area contributed by atoms with Gasteiger partial charge in [-0.25, -0.2) is 4.79 Å². The number of carbonyl (C=O) groups excluding carboxylic acids is 1. The molecule has 0 saturated carbocycles. The Kier molecular flexibility index (Phi) is 6.06. The Morgan fingerprint density at radius 3 is 2.77 bits per heavy atom. The van der Waals surface area contributed by atoms with Gasteiger partial charge in [-0.1, -0.05) is 37.2 Å². The van der Waals surface area contributed by atoms with E-state index in [2.05, 4.69) is 39.3 Å². The van der Waals surface area contributed by atoms with E-state index in [1.807, 2.05) is 12.1 Å². The number of rotatable bonds is 8. The van der Waals surface area contributed by atoms with Gasteiger partial charge in [0.1, 0.15) is 5.76 Å². The first-order valence-corrected chi connectivity index (χ1v) is 9.37. The number of aromatic nitrogens is 4. The smallest absolute Gasteiger partial charge is 0.373 e. The van der Waals surface area contributed by atoms with Crippen LogP contribution in [0.4, 0.5) is 0 Å². The minimum Gasteiger partial charge on any atom is -0.463 e. The van der Waals surface area contributed by atoms with Crippen molar-refractivity contribution in [3.8, 4) is 5.69 Å². The van der Waals surface area contributed by atoms with Crippen LogP contribution in [0.2, 0.25) is 0 Å². The molecule has 3 rings (SSSR count). The number of thioether (sulfide) groups is 1. The van der Waals surface area contributed by atoms with E-state index in [0.29, 0.717) is 16.7 Å². The van der Waals surface area contributed by atoms with Gasteiger partial charge in [-0.05, 0) is 53.1 Å². The van der Waals surface area contributed by atoms with E-state index in [9.17, 15) is 4.79 Å². The number of ether oxygens (including phenoxy) is 1. The highest BCUT2D eigenvalue weighted by molar-refractivity contribution is 7.98. The average Bonchev–Trinajstić information content (AvgIpc) is 3.34. The Balaban J connectivity index is 1.66. The molecule has 0 aliphatic heterocycles. The monoisotopic (exact) mass is 372 g/mol. The van der Waals surface area contributed by atoms with Crippen molar-refractivity contribution in [1.29, 1.82) is 0 Å². The van der Waals surface area contributed by atoms with Crippen LogP contribution in [-0.2, 0) is 16.9 Å². The van der Waals surface area contributed by atoms with Crippen LogP contribution < -0.4 is 0 Å². The number of nitrogens with zero attached hydrogens (tertiary/aromatic N) is 4. The van der Waals surface area contributed by atoms with Gasteiger partial charge in [-0.15, -0.1) is 5.10 Å². The number of carbonyl (C=O) groups is 1. The lowest BCUT2D eigenvalue weighted by Gasteiger charge is -2.05. The van der Waals surface area contributed by atoms with E-state index in [-0.39, 0.29) is 5.76 Å². The lowest BCUT2D eigenvalue weighted by molar-refractivity contribution is 0.0563. The third-order valence-electron chi connectivity index (χ3n) is 3.83. The van der Waals surface area contributed by atoms with Crippen molar-refractivity contribution >= 4 is 17.7 Å². The molecule has 0 aliphatic carbocycles. The average molecular weight is 372 g/mol. The molecule has 0 atom stereocenters. The number of furan rings is 1. The van der Waals surface area contributed by atoms with Crippen molar-refractivity contribution in [2.75, 3.05) is 7.11 Å². The van der Waals surface area contributed by atoms with Gasteiger partial charge in [0.25, 0.3) is 0 Å². The summed E-state index contributed by atoms with van der Waals surface area (Å²) in [5.41, 5.74) is 2.22. The van der Waals surface area contributed by atoms with Gasteiger partial charge in [0.2, 0.25) is 10.9 Å². The van der Waals surface area contributed by atoms with Crippen LogP contribution in [0.1, 0.15) is 41.6 Å². The zero-order chi connectivity index (χ0) is 18.4. The zero-order valence-corrected chi connectivity index (χ0v) is 15.5. The van der Waals surface area contributed by atoms with Gasteiger partial charge in [-0.2, -0.15) is 4.68 Å². The minimum absolute atomic E-state index is 0.186. The summed E-state index contributed by atoms with van der Waals surface area (Å²) >= 11 is 1.43. The van der Waals surface area contributed by atoms with Crippen LogP contribution in [0.15, 0.2) is 46.0 Å². The second-order valence-corrected chi connectivity index (χ2v) is 6.63. The number of aryl methyl sites for hydroxylation is 1. The number of esters is 1. The molecule has 8 heteroatoms. The Bertz CT molecular complexity index is 857. The zero-order valence-electron chi connectivity index (χ0n) is 14.7. The van der Waals surface area contributed by atoms with Crippen LogP contribution in [0.25, 0.3) is 5.69 Å². The third kappa shape index (κ3) is 4.32. The SMILES string of the molecule is CCCCc1ccc(-n2nnnc2SCc2ccc(C(=O)OC)o2)cc1. The van der Waals surface area contributed by atoms with Crippen molar-refractivity contribution in [3.63, 3.8) is 0 Å². The molecule has 136 valence electrons. The second kappa shape index (κ2) is 8.66. The molecule has 1 aromatic carbocycles. The quantitative estimate of drug-likeness (QED) is 0.440. The van der Waals surface area contributed by atoms with Crippen molar-refractivity contribution in [2.24, 2.45) is 0 Å². The number of unbranched alkanes of at least 4 members (excludes halogenated alkanes) is 1. The Morgan fingerprint density at radius 2 is 2.04 bits per heavy atom. The largest absolute Gasteiger partial charge is 0.463 e. The second-order valence-electron chi connectivity index (χ2n) is 5.69. The molecule has 0 bridgehead atoms. The summed E-state index contributed by atoms with van der Waals surface area (Å²) in [6.45, 7) is 2.19. The third-order valence-corrected chi connectivity index (χ3v) is 4.77. The molecule has 3 aromatic rings. The molecule has 2 heterocycles. The molecule has 26 heavy (non-hydrogen) atoms. The summed E-state index contributed by atoms with van der Waals surface area (Å²) in [5, 5.41) is 12.6. The number of benzene rings is 1. The van der Waals surface area contributed by atoms with Gasteiger partial charge >= 0.3 is 5.97 Å². The number of tetrazole rings is 1. The predicted octanol–water partition coefficient (Wildman–Crippen LogP) is 3.68. The first-order chi connectivity index (χ1) is 12.7. The normalized spacial score (nSPS) is 10.8. The van der Waals surface area contributed by atoms with Gasteiger partial charge in [0.15, 0.2) is 0 Å². The Labute approximate surface area is 155 Å². The fraction of sp³-hybridized carbons (Fsp3) is 0.333. The molecule has 0 aliphatic rings. The number of methoxy groups -OCH3 is 1. The molecule has 0 spiro atoms. The van der Waals surface area contributed by atoms with Crippen LogP contribution >= 0.6 is 11.8 Å². The number of hydrogen-bond acceptors (Lipinski definition) is 7. The van der Waals surface area contributed by atoms with Crippen LogP contribution in [-0.4, -0.2) is 33.3 Å².